The van der Waals surface area contributed by atoms with Crippen molar-refractivity contribution in [3.63, 3.8) is 0 Å². The highest BCUT2D eigenvalue weighted by atomic mass is 35.5. The summed E-state index contributed by atoms with van der Waals surface area (Å²) in [5.74, 6) is 0.0623. The molecule has 0 fully saturated rings. The first kappa shape index (κ1) is 12.1. The molecule has 0 aliphatic heterocycles. The monoisotopic (exact) mass is 247 g/mol. The predicted octanol–water partition coefficient (Wildman–Crippen LogP) is 2.84. The largest absolute Gasteiger partial charge is 0.506 e. The van der Waals surface area contributed by atoms with Gasteiger partial charge in [0.1, 0.15) is 5.75 Å². The highest BCUT2D eigenvalue weighted by Crippen LogP contribution is 2.34. The second kappa shape index (κ2) is 4.73. The lowest BCUT2D eigenvalue weighted by Crippen LogP contribution is -2.09. The van der Waals surface area contributed by atoms with Crippen molar-refractivity contribution in [2.45, 2.75) is 13.8 Å². The second-order valence-corrected chi connectivity index (χ2v) is 4.03. The van der Waals surface area contributed by atoms with Gasteiger partial charge in [0.05, 0.1) is 12.2 Å². The van der Waals surface area contributed by atoms with Crippen LogP contribution in [0.4, 0.5) is 5.69 Å². The molecule has 0 spiro atoms. The van der Waals surface area contributed by atoms with E-state index in [0.717, 1.165) is 5.56 Å². The van der Waals surface area contributed by atoms with Crippen molar-refractivity contribution in [3.8, 4) is 5.75 Å². The van der Waals surface area contributed by atoms with Gasteiger partial charge in [0.25, 0.3) is 0 Å². The molecule has 0 aliphatic rings. The van der Waals surface area contributed by atoms with Gasteiger partial charge in [0.15, 0.2) is 0 Å². The molecule has 0 saturated carbocycles. The maximum Gasteiger partial charge on any atom is 0.240 e. The highest BCUT2D eigenvalue weighted by Gasteiger charge is 2.11. The van der Waals surface area contributed by atoms with Crippen LogP contribution in [0.5, 0.6) is 5.75 Å². The average molecular weight is 248 g/mol. The molecule has 0 aliphatic carbocycles. The summed E-state index contributed by atoms with van der Waals surface area (Å²) in [6.45, 7) is 3.51. The molecule has 1 aromatic carbocycles. The number of aromatic hydroxyl groups is 1. The third-order valence-corrected chi connectivity index (χ3v) is 2.78. The summed E-state index contributed by atoms with van der Waals surface area (Å²) in [6, 6.07) is 1.54. The molecule has 1 rings (SSSR count). The highest BCUT2D eigenvalue weighted by molar-refractivity contribution is 6.64. The van der Waals surface area contributed by atoms with E-state index in [4.69, 9.17) is 23.2 Å². The minimum Gasteiger partial charge on any atom is -0.506 e. The normalized spacial score (nSPS) is 10.1. The van der Waals surface area contributed by atoms with Gasteiger partial charge in [-0.3, -0.25) is 4.79 Å². The quantitative estimate of drug-likeness (QED) is 0.638. The van der Waals surface area contributed by atoms with Crippen molar-refractivity contribution >= 4 is 34.1 Å². The number of benzene rings is 1. The smallest absolute Gasteiger partial charge is 0.240 e. The van der Waals surface area contributed by atoms with E-state index in [1.54, 1.807) is 13.8 Å². The minimum atomic E-state index is -0.523. The number of aryl methyl sites for hydroxylation is 1. The molecule has 5 heteroatoms. The fraction of sp³-hybridized carbons (Fsp3) is 0.300. The fourth-order valence-electron chi connectivity index (χ4n) is 1.32. The Morgan fingerprint density at radius 1 is 1.53 bits per heavy atom. The minimum absolute atomic E-state index is 0.0463. The van der Waals surface area contributed by atoms with Crippen LogP contribution >= 0.6 is 23.2 Å². The molecular weight excluding hydrogens is 237 g/mol. The van der Waals surface area contributed by atoms with E-state index in [9.17, 15) is 9.90 Å². The van der Waals surface area contributed by atoms with Crippen molar-refractivity contribution < 1.29 is 9.90 Å². The van der Waals surface area contributed by atoms with Crippen LogP contribution in [-0.4, -0.2) is 16.9 Å². The number of anilines is 1. The molecule has 2 N–H and O–H groups in total. The zero-order valence-electron chi connectivity index (χ0n) is 8.40. The van der Waals surface area contributed by atoms with Crippen molar-refractivity contribution in [2.24, 2.45) is 0 Å². The van der Waals surface area contributed by atoms with E-state index in [1.807, 2.05) is 0 Å². The number of halogens is 2. The van der Waals surface area contributed by atoms with Crippen LogP contribution in [0.2, 0.25) is 5.02 Å². The maximum absolute atomic E-state index is 10.6. The van der Waals surface area contributed by atoms with E-state index in [0.29, 0.717) is 16.3 Å². The maximum atomic E-state index is 10.6. The molecule has 1 aromatic rings. The molecule has 3 nitrogen and oxygen atoms in total. The van der Waals surface area contributed by atoms with Gasteiger partial charge >= 0.3 is 0 Å². The lowest BCUT2D eigenvalue weighted by atomic mass is 10.1. The fourth-order valence-corrected chi connectivity index (χ4v) is 1.54. The summed E-state index contributed by atoms with van der Waals surface area (Å²) in [5, 5.41) is 12.4. The number of carbonyl (C=O) groups is 1. The number of rotatable bonds is 3. The number of hydrogen-bond donors (Lipinski definition) is 2. The van der Waals surface area contributed by atoms with E-state index in [1.165, 1.54) is 6.07 Å². The Kier molecular flexibility index (Phi) is 3.83. The molecule has 0 amide bonds. The number of carbonyl (C=O) groups excluding carboxylic acids is 1. The van der Waals surface area contributed by atoms with Gasteiger partial charge in [-0.25, -0.2) is 0 Å². The van der Waals surface area contributed by atoms with Gasteiger partial charge < -0.3 is 10.4 Å². The number of nitrogens with one attached hydrogen (secondary N) is 1. The van der Waals surface area contributed by atoms with E-state index >= 15 is 0 Å². The zero-order chi connectivity index (χ0) is 11.6. The van der Waals surface area contributed by atoms with Crippen LogP contribution in [-0.2, 0) is 4.79 Å². The van der Waals surface area contributed by atoms with Gasteiger partial charge in [-0.2, -0.15) is 0 Å². The first-order chi connectivity index (χ1) is 6.93. The van der Waals surface area contributed by atoms with E-state index in [2.05, 4.69) is 5.32 Å². The van der Waals surface area contributed by atoms with Crippen molar-refractivity contribution in [1.29, 1.82) is 0 Å². The molecule has 0 aromatic heterocycles. The van der Waals surface area contributed by atoms with Gasteiger partial charge in [-0.15, -0.1) is 0 Å². The first-order valence-corrected chi connectivity index (χ1v) is 5.10. The number of phenols is 1. The van der Waals surface area contributed by atoms with E-state index in [-0.39, 0.29) is 12.3 Å². The lowest BCUT2D eigenvalue weighted by molar-refractivity contribution is -0.110. The summed E-state index contributed by atoms with van der Waals surface area (Å²) >= 11 is 11.2. The molecule has 0 heterocycles. The summed E-state index contributed by atoms with van der Waals surface area (Å²) in [5.41, 5.74) is 1.93. The molecule has 15 heavy (non-hydrogen) atoms. The van der Waals surface area contributed by atoms with Crippen molar-refractivity contribution in [3.05, 3.63) is 22.2 Å². The van der Waals surface area contributed by atoms with Crippen LogP contribution in [0.3, 0.4) is 0 Å². The van der Waals surface area contributed by atoms with Crippen molar-refractivity contribution in [2.75, 3.05) is 11.9 Å². The van der Waals surface area contributed by atoms with Gasteiger partial charge in [0, 0.05) is 5.02 Å². The summed E-state index contributed by atoms with van der Waals surface area (Å²) in [4.78, 5) is 10.6. The Morgan fingerprint density at radius 3 is 2.67 bits per heavy atom. The summed E-state index contributed by atoms with van der Waals surface area (Å²) in [6.07, 6.45) is 0. The van der Waals surface area contributed by atoms with Gasteiger partial charge in [-0.1, -0.05) is 11.6 Å². The number of phenolic OH excluding ortho intramolecular Hbond substituents is 1. The summed E-state index contributed by atoms with van der Waals surface area (Å²) in [7, 11) is 0. The van der Waals surface area contributed by atoms with Crippen LogP contribution in [0.25, 0.3) is 0 Å². The third-order valence-electron chi connectivity index (χ3n) is 2.06. The van der Waals surface area contributed by atoms with Gasteiger partial charge in [0.2, 0.25) is 5.24 Å². The van der Waals surface area contributed by atoms with Crippen LogP contribution in [0.15, 0.2) is 6.07 Å². The predicted molar refractivity (Wildman–Crippen MR) is 61.9 cm³/mol. The summed E-state index contributed by atoms with van der Waals surface area (Å²) < 4.78 is 0. The SMILES string of the molecule is Cc1cc(O)c(NCC(=O)Cl)c(C)c1Cl. The second-order valence-electron chi connectivity index (χ2n) is 3.24. The Hall–Kier alpha value is -0.930. The van der Waals surface area contributed by atoms with E-state index < -0.39 is 5.24 Å². The van der Waals surface area contributed by atoms with Crippen LogP contribution in [0, 0.1) is 13.8 Å². The zero-order valence-corrected chi connectivity index (χ0v) is 9.91. The topological polar surface area (TPSA) is 49.3 Å². The Labute approximate surface area is 98.0 Å². The Bertz CT molecular complexity index is 405. The lowest BCUT2D eigenvalue weighted by Gasteiger charge is -2.13. The average Bonchev–Trinajstić information content (AvgIpc) is 2.14. The van der Waals surface area contributed by atoms with Crippen LogP contribution in [0.1, 0.15) is 11.1 Å². The number of hydrogen-bond acceptors (Lipinski definition) is 3. The first-order valence-electron chi connectivity index (χ1n) is 4.34. The standard InChI is InChI=1S/C10H11Cl2NO2/c1-5-3-7(14)10(6(2)9(5)12)13-4-8(11)15/h3,13-14H,4H2,1-2H3. The molecular formula is C10H11Cl2NO2. The molecule has 0 bridgehead atoms. The molecule has 0 unspecified atom stereocenters. The van der Waals surface area contributed by atoms with Crippen LogP contribution < -0.4 is 5.32 Å². The molecule has 82 valence electrons. The Morgan fingerprint density at radius 2 is 2.13 bits per heavy atom. The van der Waals surface area contributed by atoms with Gasteiger partial charge in [-0.05, 0) is 42.6 Å². The van der Waals surface area contributed by atoms with Crippen molar-refractivity contribution in [1.82, 2.24) is 0 Å². The molecule has 0 atom stereocenters. The third kappa shape index (κ3) is 2.76. The molecule has 0 radical (unpaired) electrons. The molecule has 0 saturated heterocycles. The Balaban J connectivity index is 3.07.